The Kier molecular flexibility index (Phi) is 5.70. The summed E-state index contributed by atoms with van der Waals surface area (Å²) in [6.45, 7) is 4.91. The monoisotopic (exact) mass is 394 g/mol. The van der Waals surface area contributed by atoms with E-state index < -0.39 is 17.6 Å². The SMILES string of the molecule is C[SiH](c1ccccc1)c1ccccc1-c1ccccc1[SiH](C)c1ccccc1. The van der Waals surface area contributed by atoms with Crippen LogP contribution in [0.4, 0.5) is 0 Å². The molecule has 0 radical (unpaired) electrons. The Hall–Kier alpha value is -2.69. The highest BCUT2D eigenvalue weighted by Gasteiger charge is 2.19. The molecule has 0 saturated carbocycles. The smallest absolute Gasteiger partial charge is 0.0641 e. The Bertz CT molecular complexity index is 955. The molecule has 0 aliphatic carbocycles. The third-order valence-corrected chi connectivity index (χ3v) is 11.4. The van der Waals surface area contributed by atoms with Gasteiger partial charge in [-0.3, -0.25) is 0 Å². The van der Waals surface area contributed by atoms with E-state index in [0.717, 1.165) is 0 Å². The van der Waals surface area contributed by atoms with Crippen molar-refractivity contribution >= 4 is 38.3 Å². The topological polar surface area (TPSA) is 0 Å². The van der Waals surface area contributed by atoms with E-state index in [1.165, 1.54) is 31.9 Å². The van der Waals surface area contributed by atoms with E-state index in [1.54, 1.807) is 0 Å². The van der Waals surface area contributed by atoms with Crippen molar-refractivity contribution < 1.29 is 0 Å². The van der Waals surface area contributed by atoms with Crippen LogP contribution in [0, 0.1) is 0 Å². The molecule has 4 rings (SSSR count). The lowest BCUT2D eigenvalue weighted by Gasteiger charge is -2.21. The van der Waals surface area contributed by atoms with Gasteiger partial charge in [-0.1, -0.05) is 143 Å². The van der Waals surface area contributed by atoms with E-state index in [0.29, 0.717) is 0 Å². The molecule has 0 fully saturated rings. The molecule has 2 atom stereocenters. The molecule has 0 bridgehead atoms. The highest BCUT2D eigenvalue weighted by molar-refractivity contribution is 6.86. The van der Waals surface area contributed by atoms with Crippen LogP contribution in [-0.2, 0) is 0 Å². The standard InChI is InChI=1S/C26H26Si2/c1-27(21-13-5-3-6-14-21)25-19-11-9-17-23(25)24-18-10-12-20-26(24)28(2)22-15-7-4-8-16-22/h3-20,27-28H,1-2H3. The van der Waals surface area contributed by atoms with Crippen LogP contribution in [-0.4, -0.2) is 17.6 Å². The van der Waals surface area contributed by atoms with Gasteiger partial charge >= 0.3 is 0 Å². The summed E-state index contributed by atoms with van der Waals surface area (Å²) in [5, 5.41) is 6.08. The number of hydrogen-bond donors (Lipinski definition) is 0. The van der Waals surface area contributed by atoms with Crippen LogP contribution < -0.4 is 20.7 Å². The van der Waals surface area contributed by atoms with Gasteiger partial charge < -0.3 is 0 Å². The van der Waals surface area contributed by atoms with Gasteiger partial charge in [-0.05, 0) is 11.1 Å². The number of rotatable bonds is 5. The lowest BCUT2D eigenvalue weighted by Crippen LogP contribution is -2.43. The molecule has 0 spiro atoms. The van der Waals surface area contributed by atoms with Crippen molar-refractivity contribution in [2.24, 2.45) is 0 Å². The molecular weight excluding hydrogens is 368 g/mol. The minimum Gasteiger partial charge on any atom is -0.0641 e. The van der Waals surface area contributed by atoms with Crippen molar-refractivity contribution in [3.05, 3.63) is 109 Å². The van der Waals surface area contributed by atoms with Crippen molar-refractivity contribution in [1.82, 2.24) is 0 Å². The lowest BCUT2D eigenvalue weighted by atomic mass is 10.1. The van der Waals surface area contributed by atoms with Gasteiger partial charge in [-0.15, -0.1) is 0 Å². The summed E-state index contributed by atoms with van der Waals surface area (Å²) in [5.41, 5.74) is 2.85. The Morgan fingerprint density at radius 3 is 1.11 bits per heavy atom. The zero-order valence-corrected chi connectivity index (χ0v) is 18.9. The summed E-state index contributed by atoms with van der Waals surface area (Å²) >= 11 is 0. The van der Waals surface area contributed by atoms with Gasteiger partial charge in [0, 0.05) is 0 Å². The molecule has 2 unspecified atom stereocenters. The fraction of sp³-hybridized carbons (Fsp3) is 0.0769. The first-order valence-electron chi connectivity index (χ1n) is 10.0. The van der Waals surface area contributed by atoms with Crippen LogP contribution in [0.1, 0.15) is 0 Å². The second kappa shape index (κ2) is 8.55. The Morgan fingerprint density at radius 2 is 0.714 bits per heavy atom. The third-order valence-electron chi connectivity index (χ3n) is 5.74. The average Bonchev–Trinajstić information content (AvgIpc) is 2.79. The van der Waals surface area contributed by atoms with Gasteiger partial charge in [0.2, 0.25) is 0 Å². The van der Waals surface area contributed by atoms with E-state index in [1.807, 2.05) is 0 Å². The summed E-state index contributed by atoms with van der Waals surface area (Å²) in [7, 11) is -2.48. The van der Waals surface area contributed by atoms with Crippen molar-refractivity contribution in [1.29, 1.82) is 0 Å². The van der Waals surface area contributed by atoms with Crippen LogP contribution in [0.25, 0.3) is 11.1 Å². The first kappa shape index (κ1) is 18.7. The van der Waals surface area contributed by atoms with Crippen LogP contribution in [0.5, 0.6) is 0 Å². The summed E-state index contributed by atoms with van der Waals surface area (Å²) in [6.07, 6.45) is 0. The van der Waals surface area contributed by atoms with Crippen LogP contribution in [0.2, 0.25) is 13.1 Å². The zero-order chi connectivity index (χ0) is 19.3. The fourth-order valence-electron chi connectivity index (χ4n) is 4.08. The summed E-state index contributed by atoms with van der Waals surface area (Å²) in [5.74, 6) is 0. The van der Waals surface area contributed by atoms with E-state index >= 15 is 0 Å². The summed E-state index contributed by atoms with van der Waals surface area (Å²) in [4.78, 5) is 0. The van der Waals surface area contributed by atoms with Crippen molar-refractivity contribution in [3.8, 4) is 11.1 Å². The van der Waals surface area contributed by atoms with E-state index in [9.17, 15) is 0 Å². The first-order valence-corrected chi connectivity index (χ1v) is 14.7. The molecule has 0 amide bonds. The third kappa shape index (κ3) is 3.79. The molecular formula is C26H26Si2. The molecule has 0 N–H and O–H groups in total. The van der Waals surface area contributed by atoms with Crippen LogP contribution >= 0.6 is 0 Å². The van der Waals surface area contributed by atoms with E-state index in [2.05, 4.69) is 122 Å². The van der Waals surface area contributed by atoms with E-state index in [-0.39, 0.29) is 0 Å². The second-order valence-corrected chi connectivity index (χ2v) is 12.9. The van der Waals surface area contributed by atoms with Gasteiger partial charge in [-0.25, -0.2) is 0 Å². The number of benzene rings is 4. The molecule has 2 heteroatoms. The summed E-state index contributed by atoms with van der Waals surface area (Å²) in [6, 6.07) is 40.2. The summed E-state index contributed by atoms with van der Waals surface area (Å²) < 4.78 is 0. The van der Waals surface area contributed by atoms with Gasteiger partial charge in [0.15, 0.2) is 0 Å². The molecule has 0 aromatic heterocycles. The quantitative estimate of drug-likeness (QED) is 0.456. The maximum absolute atomic E-state index is 2.45. The Balaban J connectivity index is 1.81. The molecule has 138 valence electrons. The largest absolute Gasteiger partial charge is 0.100 e. The number of hydrogen-bond acceptors (Lipinski definition) is 0. The Labute approximate surface area is 171 Å². The second-order valence-electron chi connectivity index (χ2n) is 7.44. The Morgan fingerprint density at radius 1 is 0.393 bits per heavy atom. The predicted octanol–water partition coefficient (Wildman–Crippen LogP) is 3.30. The predicted molar refractivity (Wildman–Crippen MR) is 129 cm³/mol. The fourth-order valence-corrected chi connectivity index (χ4v) is 8.64. The van der Waals surface area contributed by atoms with Crippen LogP contribution in [0.3, 0.4) is 0 Å². The molecule has 0 heterocycles. The molecule has 0 aliphatic rings. The lowest BCUT2D eigenvalue weighted by molar-refractivity contribution is 1.66. The van der Waals surface area contributed by atoms with Gasteiger partial charge in [-0.2, -0.15) is 0 Å². The molecule has 0 nitrogen and oxygen atoms in total. The normalized spacial score (nSPS) is 13.1. The maximum atomic E-state index is 2.45. The maximum Gasteiger partial charge on any atom is 0.100 e. The van der Waals surface area contributed by atoms with Crippen molar-refractivity contribution in [2.75, 3.05) is 0 Å². The van der Waals surface area contributed by atoms with Gasteiger partial charge in [0.1, 0.15) is 17.6 Å². The molecule has 4 aromatic carbocycles. The minimum atomic E-state index is -1.24. The average molecular weight is 395 g/mol. The van der Waals surface area contributed by atoms with Gasteiger partial charge in [0.05, 0.1) is 0 Å². The molecule has 28 heavy (non-hydrogen) atoms. The highest BCUT2D eigenvalue weighted by Crippen LogP contribution is 2.17. The van der Waals surface area contributed by atoms with Crippen molar-refractivity contribution in [2.45, 2.75) is 13.1 Å². The zero-order valence-electron chi connectivity index (χ0n) is 16.5. The molecule has 4 aromatic rings. The van der Waals surface area contributed by atoms with Gasteiger partial charge in [0.25, 0.3) is 0 Å². The molecule has 0 aliphatic heterocycles. The first-order chi connectivity index (χ1) is 13.8. The van der Waals surface area contributed by atoms with E-state index in [4.69, 9.17) is 0 Å². The van der Waals surface area contributed by atoms with Crippen molar-refractivity contribution in [3.63, 3.8) is 0 Å². The van der Waals surface area contributed by atoms with Crippen LogP contribution in [0.15, 0.2) is 109 Å². The minimum absolute atomic E-state index is 1.24. The highest BCUT2D eigenvalue weighted by atomic mass is 28.3. The molecule has 0 saturated heterocycles.